The molecule has 2 aliphatic heterocycles. The number of amides is 2. The maximum absolute atomic E-state index is 12.6. The Balaban J connectivity index is 2.02. The van der Waals surface area contributed by atoms with E-state index in [1.54, 1.807) is 19.0 Å². The summed E-state index contributed by atoms with van der Waals surface area (Å²) in [4.78, 5) is 30.4. The zero-order valence-corrected chi connectivity index (χ0v) is 12.8. The highest BCUT2D eigenvalue weighted by Gasteiger charge is 2.38. The van der Waals surface area contributed by atoms with E-state index in [1.165, 1.54) is 0 Å². The van der Waals surface area contributed by atoms with Crippen LogP contribution in [0.1, 0.15) is 19.8 Å². The molecule has 2 unspecified atom stereocenters. The Hall–Kier alpha value is -1.14. The summed E-state index contributed by atoms with van der Waals surface area (Å²) in [6.07, 6.45) is 1.86. The molecule has 2 heterocycles. The number of likely N-dealkylation sites (N-methyl/N-ethyl adjacent to an activating group) is 1. The van der Waals surface area contributed by atoms with Crippen LogP contribution in [-0.4, -0.2) is 85.4 Å². The average molecular weight is 282 g/mol. The number of hydrogen-bond acceptors (Lipinski definition) is 4. The molecule has 2 rings (SSSR count). The molecular weight excluding hydrogens is 256 g/mol. The van der Waals surface area contributed by atoms with Gasteiger partial charge in [-0.05, 0) is 26.3 Å². The number of carbonyl (C=O) groups is 2. The third-order valence-electron chi connectivity index (χ3n) is 4.30. The van der Waals surface area contributed by atoms with Crippen LogP contribution in [-0.2, 0) is 9.59 Å². The van der Waals surface area contributed by atoms with Gasteiger partial charge in [-0.15, -0.1) is 0 Å². The molecule has 2 amide bonds. The summed E-state index contributed by atoms with van der Waals surface area (Å²) >= 11 is 0. The van der Waals surface area contributed by atoms with E-state index in [0.29, 0.717) is 0 Å². The Morgan fingerprint density at radius 2 is 1.85 bits per heavy atom. The molecule has 0 saturated carbocycles. The minimum absolute atomic E-state index is 0.0741. The largest absolute Gasteiger partial charge is 0.347 e. The predicted octanol–water partition coefficient (Wildman–Crippen LogP) is -0.641. The van der Waals surface area contributed by atoms with Gasteiger partial charge < -0.3 is 15.1 Å². The van der Waals surface area contributed by atoms with Gasteiger partial charge in [0, 0.05) is 40.3 Å². The molecule has 6 heteroatoms. The first-order chi connectivity index (χ1) is 9.52. The average Bonchev–Trinajstić information content (AvgIpc) is 2.95. The van der Waals surface area contributed by atoms with E-state index in [2.05, 4.69) is 10.2 Å². The van der Waals surface area contributed by atoms with E-state index in [-0.39, 0.29) is 23.9 Å². The van der Waals surface area contributed by atoms with Crippen molar-refractivity contribution < 1.29 is 9.59 Å². The van der Waals surface area contributed by atoms with Gasteiger partial charge in [0.15, 0.2) is 0 Å². The van der Waals surface area contributed by atoms with Gasteiger partial charge in [-0.25, -0.2) is 0 Å². The molecule has 0 spiro atoms. The lowest BCUT2D eigenvalue weighted by molar-refractivity contribution is -0.141. The van der Waals surface area contributed by atoms with Crippen LogP contribution in [0.2, 0.25) is 0 Å². The monoisotopic (exact) mass is 282 g/mol. The Morgan fingerprint density at radius 3 is 2.45 bits per heavy atom. The molecule has 2 atom stereocenters. The number of carbonyl (C=O) groups excluding carboxylic acids is 2. The van der Waals surface area contributed by atoms with Gasteiger partial charge in [0.1, 0.15) is 0 Å². The van der Waals surface area contributed by atoms with Gasteiger partial charge in [-0.1, -0.05) is 0 Å². The maximum Gasteiger partial charge on any atom is 0.240 e. The van der Waals surface area contributed by atoms with Crippen LogP contribution in [0.5, 0.6) is 0 Å². The summed E-state index contributed by atoms with van der Waals surface area (Å²) in [7, 11) is 3.53. The number of hydrogen-bond donors (Lipinski definition) is 1. The van der Waals surface area contributed by atoms with E-state index in [9.17, 15) is 9.59 Å². The van der Waals surface area contributed by atoms with Gasteiger partial charge in [-0.2, -0.15) is 0 Å². The number of nitrogens with zero attached hydrogens (tertiary/aromatic N) is 3. The molecule has 20 heavy (non-hydrogen) atoms. The first-order valence-corrected chi connectivity index (χ1v) is 7.49. The number of likely N-dealkylation sites (tertiary alicyclic amines) is 1. The molecule has 0 aromatic carbocycles. The fraction of sp³-hybridized carbons (Fsp3) is 0.857. The lowest BCUT2D eigenvalue weighted by Gasteiger charge is -2.35. The third kappa shape index (κ3) is 3.12. The Kier molecular flexibility index (Phi) is 4.99. The van der Waals surface area contributed by atoms with Crippen molar-refractivity contribution in [1.29, 1.82) is 0 Å². The predicted molar refractivity (Wildman–Crippen MR) is 77.3 cm³/mol. The molecule has 1 N–H and O–H groups in total. The van der Waals surface area contributed by atoms with Crippen molar-refractivity contribution in [3.63, 3.8) is 0 Å². The van der Waals surface area contributed by atoms with Crippen LogP contribution in [0, 0.1) is 0 Å². The van der Waals surface area contributed by atoms with Crippen LogP contribution in [0.3, 0.4) is 0 Å². The van der Waals surface area contributed by atoms with Gasteiger partial charge in [0.2, 0.25) is 11.8 Å². The van der Waals surface area contributed by atoms with Gasteiger partial charge in [0.05, 0.1) is 12.1 Å². The summed E-state index contributed by atoms with van der Waals surface area (Å²) in [6.45, 7) is 6.03. The second kappa shape index (κ2) is 6.54. The lowest BCUT2D eigenvalue weighted by atomic mass is 10.1. The van der Waals surface area contributed by atoms with Crippen LogP contribution in [0.25, 0.3) is 0 Å². The van der Waals surface area contributed by atoms with Crippen molar-refractivity contribution in [2.75, 3.05) is 46.8 Å². The van der Waals surface area contributed by atoms with Crippen LogP contribution >= 0.6 is 0 Å². The molecular formula is C14H26N4O2. The molecule has 0 aromatic heterocycles. The molecule has 0 radical (unpaired) electrons. The van der Waals surface area contributed by atoms with Crippen LogP contribution in [0.4, 0.5) is 0 Å². The molecule has 0 aliphatic carbocycles. The number of piperazine rings is 1. The maximum atomic E-state index is 12.6. The van der Waals surface area contributed by atoms with Crippen LogP contribution < -0.4 is 5.32 Å². The zero-order valence-electron chi connectivity index (χ0n) is 12.8. The topological polar surface area (TPSA) is 55.9 Å². The first kappa shape index (κ1) is 15.3. The molecule has 0 bridgehead atoms. The van der Waals surface area contributed by atoms with E-state index in [1.807, 2.05) is 11.8 Å². The molecule has 2 aliphatic rings. The van der Waals surface area contributed by atoms with E-state index < -0.39 is 0 Å². The summed E-state index contributed by atoms with van der Waals surface area (Å²) in [5, 5.41) is 3.26. The molecule has 6 nitrogen and oxygen atoms in total. The quantitative estimate of drug-likeness (QED) is 0.748. The summed E-state index contributed by atoms with van der Waals surface area (Å²) in [5.74, 6) is 0.271. The fourth-order valence-corrected chi connectivity index (χ4v) is 3.13. The molecule has 114 valence electrons. The van der Waals surface area contributed by atoms with Crippen molar-refractivity contribution in [2.24, 2.45) is 0 Å². The zero-order chi connectivity index (χ0) is 14.7. The normalized spacial score (nSPS) is 25.6. The summed E-state index contributed by atoms with van der Waals surface area (Å²) in [5.41, 5.74) is 0. The highest BCUT2D eigenvalue weighted by molar-refractivity contribution is 5.85. The summed E-state index contributed by atoms with van der Waals surface area (Å²) < 4.78 is 0. The Morgan fingerprint density at radius 1 is 1.20 bits per heavy atom. The van der Waals surface area contributed by atoms with E-state index in [4.69, 9.17) is 0 Å². The molecule has 2 saturated heterocycles. The number of rotatable bonds is 3. The SMILES string of the molecule is CC(C(=O)N(C)C)N1CCCC1C(=O)N1CCNCC1. The van der Waals surface area contributed by atoms with Crippen molar-refractivity contribution in [1.82, 2.24) is 20.0 Å². The minimum Gasteiger partial charge on any atom is -0.347 e. The van der Waals surface area contributed by atoms with Crippen molar-refractivity contribution in [2.45, 2.75) is 31.8 Å². The smallest absolute Gasteiger partial charge is 0.240 e. The molecule has 0 aromatic rings. The second-order valence-electron chi connectivity index (χ2n) is 5.88. The van der Waals surface area contributed by atoms with Gasteiger partial charge >= 0.3 is 0 Å². The fourth-order valence-electron chi connectivity index (χ4n) is 3.13. The Labute approximate surface area is 121 Å². The lowest BCUT2D eigenvalue weighted by Crippen LogP contribution is -2.55. The van der Waals surface area contributed by atoms with Gasteiger partial charge in [-0.3, -0.25) is 14.5 Å². The molecule has 2 fully saturated rings. The third-order valence-corrected chi connectivity index (χ3v) is 4.30. The van der Waals surface area contributed by atoms with Gasteiger partial charge in [0.25, 0.3) is 0 Å². The Bertz CT molecular complexity index is 366. The van der Waals surface area contributed by atoms with Crippen LogP contribution in [0.15, 0.2) is 0 Å². The second-order valence-corrected chi connectivity index (χ2v) is 5.88. The highest BCUT2D eigenvalue weighted by atomic mass is 16.2. The van der Waals surface area contributed by atoms with Crippen molar-refractivity contribution in [3.05, 3.63) is 0 Å². The first-order valence-electron chi connectivity index (χ1n) is 7.49. The minimum atomic E-state index is -0.218. The van der Waals surface area contributed by atoms with E-state index >= 15 is 0 Å². The summed E-state index contributed by atoms with van der Waals surface area (Å²) in [6, 6.07) is -0.337. The van der Waals surface area contributed by atoms with E-state index in [0.717, 1.165) is 45.6 Å². The standard InChI is InChI=1S/C14H26N4O2/c1-11(13(19)16(2)3)18-8-4-5-12(18)14(20)17-9-6-15-7-10-17/h11-12,15H,4-10H2,1-3H3. The van der Waals surface area contributed by atoms with Crippen molar-refractivity contribution in [3.8, 4) is 0 Å². The number of nitrogens with one attached hydrogen (secondary N) is 1. The van der Waals surface area contributed by atoms with Crippen molar-refractivity contribution >= 4 is 11.8 Å². The highest BCUT2D eigenvalue weighted by Crippen LogP contribution is 2.22.